The third kappa shape index (κ3) is 97.6. The Kier molecular flexibility index (Phi) is 4.89. The third-order valence-electron chi connectivity index (χ3n) is 0. The largest absolute Gasteiger partial charge is 2.00 e. The van der Waals surface area contributed by atoms with Crippen LogP contribution in [-0.4, -0.2) is 18.6 Å². The molecule has 0 bridgehead atoms. The average molecular weight is 205 g/mol. The molecule has 0 saturated heterocycles. The van der Waals surface area contributed by atoms with E-state index in [-0.39, 0.29) is 19.5 Å². The Morgan fingerprint density at radius 1 is 1.50 bits per heavy atom. The maximum atomic E-state index is 8.72. The van der Waals surface area contributed by atoms with Crippen LogP contribution in [0.15, 0.2) is 0 Å². The number of hydrogen-bond acceptors (Lipinski definition) is 3. The van der Waals surface area contributed by atoms with Crippen molar-refractivity contribution in [2.75, 3.05) is 0 Å². The van der Waals surface area contributed by atoms with Crippen molar-refractivity contribution in [2.45, 2.75) is 0 Å². The van der Waals surface area contributed by atoms with Crippen LogP contribution in [0.1, 0.15) is 0 Å². The Morgan fingerprint density at radius 3 is 1.50 bits per heavy atom. The van der Waals surface area contributed by atoms with E-state index in [9.17, 15) is 0 Å². The van der Waals surface area contributed by atoms with Gasteiger partial charge in [0.25, 0.3) is 0 Å². The molecule has 0 aromatic carbocycles. The maximum absolute atomic E-state index is 8.72. The van der Waals surface area contributed by atoms with Gasteiger partial charge in [-0.25, -0.2) is 0 Å². The van der Waals surface area contributed by atoms with Crippen molar-refractivity contribution in [1.82, 2.24) is 0 Å². The average Bonchev–Trinajstić information content (AvgIpc) is 0.722. The molecule has 0 saturated carbocycles. The summed E-state index contributed by atoms with van der Waals surface area (Å²) < 4.78 is 33.2. The molecule has 0 aliphatic carbocycles. The van der Waals surface area contributed by atoms with E-state index < -0.39 is 14.5 Å². The zero-order valence-electron chi connectivity index (χ0n) is 2.83. The Morgan fingerprint density at radius 2 is 1.50 bits per heavy atom. The molecule has 0 unspecified atom stereocenters. The van der Waals surface area contributed by atoms with Gasteiger partial charge >= 0.3 is 50.0 Å². The zero-order valence-corrected chi connectivity index (χ0v) is 7.67. The van der Waals surface area contributed by atoms with E-state index in [1.165, 1.54) is 0 Å². The van der Waals surface area contributed by atoms with Crippen LogP contribution < -0.4 is 8.19 Å². The minimum Gasteiger partial charge on any atom is 2.00 e. The van der Waals surface area contributed by atoms with Crippen LogP contribution in [0, 0.1) is 0 Å². The second kappa shape index (κ2) is 2.94. The first-order valence-electron chi connectivity index (χ1n) is 0.748. The van der Waals surface area contributed by atoms with Gasteiger partial charge in [-0.1, -0.05) is 0 Å². The second-order valence-electron chi connectivity index (χ2n) is 0.469. The van der Waals surface area contributed by atoms with E-state index in [1.807, 2.05) is 0 Å². The fraction of sp³-hybridized carbons (Fsp3) is 0. The molecule has 6 heavy (non-hydrogen) atoms. The Balaban J connectivity index is 0. The van der Waals surface area contributed by atoms with Crippen molar-refractivity contribution in [3.63, 3.8) is 0 Å². The molecule has 32 valence electrons. The molecule has 4 nitrogen and oxygen atoms in total. The van der Waals surface area contributed by atoms with E-state index in [0.29, 0.717) is 0 Å². The van der Waals surface area contributed by atoms with Gasteiger partial charge in [0, 0.05) is 0 Å². The number of rotatable bonds is 0. The van der Waals surface area contributed by atoms with Gasteiger partial charge in [0.05, 0.1) is 0 Å². The van der Waals surface area contributed by atoms with Crippen molar-refractivity contribution < 1.29 is 35.5 Å². The van der Waals surface area contributed by atoms with E-state index in [1.54, 1.807) is 0 Å². The topological polar surface area (TPSA) is 83.4 Å². The van der Waals surface area contributed by atoms with Crippen LogP contribution in [0.5, 0.6) is 0 Å². The van der Waals surface area contributed by atoms with Gasteiger partial charge in [-0.05, 0) is 0 Å². The quantitative estimate of drug-likeness (QED) is 0.417. The molecule has 0 amide bonds. The first-order valence-corrected chi connectivity index (χ1v) is 3.89. The van der Waals surface area contributed by atoms with Gasteiger partial charge < -0.3 is 0 Å². The summed E-state index contributed by atoms with van der Waals surface area (Å²) in [6.07, 6.45) is 0. The summed E-state index contributed by atoms with van der Waals surface area (Å²) in [6.45, 7) is 0. The van der Waals surface area contributed by atoms with Crippen molar-refractivity contribution in [2.24, 2.45) is 0 Å². The molecule has 6 heteroatoms. The summed E-state index contributed by atoms with van der Waals surface area (Å²) >= 11 is -5.62. The van der Waals surface area contributed by atoms with Gasteiger partial charge in [0.15, 0.2) is 0 Å². The molecule has 0 rings (SSSR count). The van der Waals surface area contributed by atoms with Crippen LogP contribution in [0.25, 0.3) is 0 Å². The predicted octanol–water partition coefficient (Wildman–Crippen LogP) is -3.44. The molecule has 0 aliphatic heterocycles. The van der Waals surface area contributed by atoms with Crippen LogP contribution in [0.4, 0.5) is 0 Å². The van der Waals surface area contributed by atoms with Crippen molar-refractivity contribution >= 4 is 14.5 Å². The molecular weight excluding hydrogens is 204 g/mol. The first kappa shape index (κ1) is 9.97. The zero-order chi connectivity index (χ0) is 4.50. The predicted molar refractivity (Wildman–Crippen MR) is 8.66 cm³/mol. The van der Waals surface area contributed by atoms with Gasteiger partial charge in [0.2, 0.25) is 0 Å². The molecule has 0 aromatic heterocycles. The summed E-state index contributed by atoms with van der Waals surface area (Å²) in [4.78, 5) is 0. The molecule has 0 atom stereocenters. The molecule has 0 aromatic rings. The summed E-state index contributed by atoms with van der Waals surface area (Å²) in [5, 5.41) is 0. The summed E-state index contributed by atoms with van der Waals surface area (Å²) in [5.74, 6) is 0. The van der Waals surface area contributed by atoms with E-state index in [0.717, 1.165) is 0 Å². The molecular formula is HAsO4Zn. The molecule has 0 aliphatic rings. The summed E-state index contributed by atoms with van der Waals surface area (Å²) in [7, 11) is 0. The minimum absolute atomic E-state index is 0. The summed E-state index contributed by atoms with van der Waals surface area (Å²) in [5.41, 5.74) is 0. The minimum atomic E-state index is -5.62. The third-order valence-corrected chi connectivity index (χ3v) is 0. The normalized spacial score (nSPS) is 9.83. The first-order chi connectivity index (χ1) is 2.00. The van der Waals surface area contributed by atoms with Gasteiger partial charge in [-0.3, -0.25) is 0 Å². The number of hydrogen-bond donors (Lipinski definition) is 1. The van der Waals surface area contributed by atoms with Crippen LogP contribution in [-0.2, 0) is 23.2 Å². The van der Waals surface area contributed by atoms with Crippen LogP contribution in [0.2, 0.25) is 0 Å². The van der Waals surface area contributed by atoms with E-state index in [4.69, 9.17) is 16.0 Å². The monoisotopic (exact) mass is 204 g/mol. The smallest absolute Gasteiger partial charge is 2.00 e. The van der Waals surface area contributed by atoms with Gasteiger partial charge in [-0.15, -0.1) is 0 Å². The van der Waals surface area contributed by atoms with Crippen molar-refractivity contribution in [3.8, 4) is 0 Å². The second-order valence-corrected chi connectivity index (χ2v) is 2.43. The van der Waals surface area contributed by atoms with Crippen molar-refractivity contribution in [3.05, 3.63) is 0 Å². The Hall–Kier alpha value is 0.862. The fourth-order valence-corrected chi connectivity index (χ4v) is 0. The van der Waals surface area contributed by atoms with E-state index in [2.05, 4.69) is 0 Å². The Labute approximate surface area is 50.3 Å². The maximum Gasteiger partial charge on any atom is 2.00 e. The van der Waals surface area contributed by atoms with Crippen LogP contribution in [0.3, 0.4) is 0 Å². The molecule has 1 N–H and O–H groups in total. The standard InChI is InChI=1S/AsH3O4.Zn/c2-1(3,4)5;/h(H3,2,3,4,5);/q;+2/p-2. The van der Waals surface area contributed by atoms with Crippen LogP contribution >= 0.6 is 0 Å². The SMILES string of the molecule is O=[As]([O-])([O-])O.[Zn+2]. The molecule has 0 heterocycles. The molecule has 0 spiro atoms. The molecule has 0 fully saturated rings. The summed E-state index contributed by atoms with van der Waals surface area (Å²) in [6, 6.07) is 0. The molecule has 0 radical (unpaired) electrons. The van der Waals surface area contributed by atoms with Gasteiger partial charge in [-0.2, -0.15) is 0 Å². The van der Waals surface area contributed by atoms with E-state index >= 15 is 0 Å². The Bertz CT molecular complexity index is 53.7. The van der Waals surface area contributed by atoms with Crippen molar-refractivity contribution in [1.29, 1.82) is 0 Å². The van der Waals surface area contributed by atoms with Gasteiger partial charge in [0.1, 0.15) is 0 Å². The fourth-order valence-electron chi connectivity index (χ4n) is 0.